The number of halogens is 1. The van der Waals surface area contributed by atoms with E-state index in [2.05, 4.69) is 9.88 Å². The van der Waals surface area contributed by atoms with Crippen molar-refractivity contribution in [1.82, 2.24) is 14.8 Å². The fraction of sp³-hybridized carbons (Fsp3) is 0.538. The first-order valence-corrected chi connectivity index (χ1v) is 6.92. The fourth-order valence-electron chi connectivity index (χ4n) is 2.20. The van der Waals surface area contributed by atoms with Crippen LogP contribution in [0.15, 0.2) is 17.1 Å². The summed E-state index contributed by atoms with van der Waals surface area (Å²) in [4.78, 5) is 30.9. The normalized spacial score (nSPS) is 16.6. The average Bonchev–Trinajstić information content (AvgIpc) is 2.39. The molecule has 1 aromatic rings. The van der Waals surface area contributed by atoms with E-state index >= 15 is 0 Å². The van der Waals surface area contributed by atoms with Crippen LogP contribution >= 0.6 is 11.6 Å². The number of alkyl halides is 1. The van der Waals surface area contributed by atoms with Crippen molar-refractivity contribution in [2.24, 2.45) is 0 Å². The number of aromatic amines is 1. The summed E-state index contributed by atoms with van der Waals surface area (Å²) >= 11 is 5.70. The smallest absolute Gasteiger partial charge is 0.259 e. The van der Waals surface area contributed by atoms with E-state index in [0.29, 0.717) is 19.0 Å². The Hall–Kier alpha value is -1.33. The molecule has 1 aliphatic heterocycles. The zero-order valence-electron chi connectivity index (χ0n) is 11.0. The molecule has 1 aliphatic rings. The number of carbonyl (C=O) groups excluding carboxylic acids is 1. The van der Waals surface area contributed by atoms with Gasteiger partial charge in [0.05, 0.1) is 0 Å². The summed E-state index contributed by atoms with van der Waals surface area (Å²) in [5.41, 5.74) is 0.759. The molecule has 1 saturated heterocycles. The third-order valence-corrected chi connectivity index (χ3v) is 3.52. The number of rotatable bonds is 3. The van der Waals surface area contributed by atoms with Crippen LogP contribution in [0.25, 0.3) is 0 Å². The van der Waals surface area contributed by atoms with Crippen molar-refractivity contribution in [3.05, 3.63) is 33.7 Å². The standard InChI is InChI=1S/C13H18ClN3O2/c1-10-8-12(18)11(9-15-10)13(19)17-6-4-16(3-2-14)5-7-17/h8-9H,2-7H2,1H3,(H,15,18). The van der Waals surface area contributed by atoms with Crippen molar-refractivity contribution in [2.75, 3.05) is 38.6 Å². The SMILES string of the molecule is Cc1cc(=O)c(C(=O)N2CCN(CCCl)CC2)c[nH]1. The van der Waals surface area contributed by atoms with Gasteiger partial charge in [-0.25, -0.2) is 0 Å². The number of nitrogens with one attached hydrogen (secondary N) is 1. The molecule has 1 N–H and O–H groups in total. The number of amides is 1. The van der Waals surface area contributed by atoms with Gasteiger partial charge in [0.1, 0.15) is 5.56 Å². The van der Waals surface area contributed by atoms with E-state index in [1.165, 1.54) is 12.3 Å². The Bertz CT molecular complexity index is 507. The molecule has 2 rings (SSSR count). The number of piperazine rings is 1. The Morgan fingerprint density at radius 1 is 1.37 bits per heavy atom. The maximum Gasteiger partial charge on any atom is 0.259 e. The minimum absolute atomic E-state index is 0.188. The Kier molecular flexibility index (Phi) is 4.61. The molecule has 1 amide bonds. The number of H-pyrrole nitrogens is 1. The van der Waals surface area contributed by atoms with Crippen molar-refractivity contribution in [3.8, 4) is 0 Å². The Labute approximate surface area is 117 Å². The van der Waals surface area contributed by atoms with Crippen LogP contribution in [0.2, 0.25) is 0 Å². The molecule has 0 aliphatic carbocycles. The first kappa shape index (κ1) is 14.1. The van der Waals surface area contributed by atoms with Gasteiger partial charge >= 0.3 is 0 Å². The summed E-state index contributed by atoms with van der Waals surface area (Å²) in [6, 6.07) is 1.46. The molecule has 0 aromatic carbocycles. The van der Waals surface area contributed by atoms with E-state index < -0.39 is 0 Å². The van der Waals surface area contributed by atoms with E-state index in [4.69, 9.17) is 11.6 Å². The Morgan fingerprint density at radius 2 is 2.05 bits per heavy atom. The molecule has 0 spiro atoms. The van der Waals surface area contributed by atoms with E-state index in [1.54, 1.807) is 11.8 Å². The number of hydrogen-bond donors (Lipinski definition) is 1. The van der Waals surface area contributed by atoms with Crippen molar-refractivity contribution in [3.63, 3.8) is 0 Å². The van der Waals surface area contributed by atoms with Crippen LogP contribution in [0.5, 0.6) is 0 Å². The van der Waals surface area contributed by atoms with Crippen LogP contribution in [0.3, 0.4) is 0 Å². The number of aryl methyl sites for hydroxylation is 1. The quantitative estimate of drug-likeness (QED) is 0.830. The number of aromatic nitrogens is 1. The molecule has 0 unspecified atom stereocenters. The highest BCUT2D eigenvalue weighted by Gasteiger charge is 2.23. The van der Waals surface area contributed by atoms with Gasteiger partial charge in [0.25, 0.3) is 5.91 Å². The number of pyridine rings is 1. The molecule has 1 fully saturated rings. The van der Waals surface area contributed by atoms with E-state index in [1.807, 2.05) is 0 Å². The van der Waals surface area contributed by atoms with Crippen molar-refractivity contribution >= 4 is 17.5 Å². The zero-order valence-corrected chi connectivity index (χ0v) is 11.7. The molecule has 6 heteroatoms. The lowest BCUT2D eigenvalue weighted by molar-refractivity contribution is 0.0642. The van der Waals surface area contributed by atoms with Gasteiger partial charge < -0.3 is 9.88 Å². The molecule has 5 nitrogen and oxygen atoms in total. The lowest BCUT2D eigenvalue weighted by Crippen LogP contribution is -2.49. The van der Waals surface area contributed by atoms with Crippen LogP contribution in [0.1, 0.15) is 16.1 Å². The fourth-order valence-corrected chi connectivity index (χ4v) is 2.44. The molecular weight excluding hydrogens is 266 g/mol. The van der Waals surface area contributed by atoms with Gasteiger partial charge in [-0.2, -0.15) is 0 Å². The first-order chi connectivity index (χ1) is 9.11. The number of nitrogens with zero attached hydrogens (tertiary/aromatic N) is 2. The minimum Gasteiger partial charge on any atom is -0.364 e. The molecule has 104 valence electrons. The second kappa shape index (κ2) is 6.21. The number of carbonyl (C=O) groups is 1. The summed E-state index contributed by atoms with van der Waals surface area (Å²) in [5.74, 6) is 0.415. The Balaban J connectivity index is 2.03. The Morgan fingerprint density at radius 3 is 2.63 bits per heavy atom. The lowest BCUT2D eigenvalue weighted by atomic mass is 10.2. The maximum absolute atomic E-state index is 12.3. The van der Waals surface area contributed by atoms with Gasteiger partial charge in [-0.3, -0.25) is 14.5 Å². The minimum atomic E-state index is -0.218. The van der Waals surface area contributed by atoms with E-state index in [-0.39, 0.29) is 16.9 Å². The molecule has 0 radical (unpaired) electrons. The van der Waals surface area contributed by atoms with Crippen molar-refractivity contribution < 1.29 is 4.79 Å². The number of hydrogen-bond acceptors (Lipinski definition) is 3. The summed E-state index contributed by atoms with van der Waals surface area (Å²) in [6.07, 6.45) is 1.51. The summed E-state index contributed by atoms with van der Waals surface area (Å²) < 4.78 is 0. The van der Waals surface area contributed by atoms with Crippen LogP contribution < -0.4 is 5.43 Å². The maximum atomic E-state index is 12.3. The largest absolute Gasteiger partial charge is 0.364 e. The molecular formula is C13H18ClN3O2. The van der Waals surface area contributed by atoms with Crippen molar-refractivity contribution in [2.45, 2.75) is 6.92 Å². The summed E-state index contributed by atoms with van der Waals surface area (Å²) in [7, 11) is 0. The van der Waals surface area contributed by atoms with E-state index in [0.717, 1.165) is 25.3 Å². The second-order valence-corrected chi connectivity index (χ2v) is 5.09. The van der Waals surface area contributed by atoms with E-state index in [9.17, 15) is 9.59 Å². The van der Waals surface area contributed by atoms with Gasteiger partial charge in [0, 0.05) is 56.6 Å². The van der Waals surface area contributed by atoms with Crippen LogP contribution in [0, 0.1) is 6.92 Å². The molecule has 0 bridgehead atoms. The predicted octanol–water partition coefficient (Wildman–Crippen LogP) is 0.680. The van der Waals surface area contributed by atoms with Gasteiger partial charge in [0.15, 0.2) is 5.43 Å². The lowest BCUT2D eigenvalue weighted by Gasteiger charge is -2.34. The molecule has 0 atom stereocenters. The van der Waals surface area contributed by atoms with Crippen LogP contribution in [-0.4, -0.2) is 59.3 Å². The third-order valence-electron chi connectivity index (χ3n) is 3.35. The van der Waals surface area contributed by atoms with Gasteiger partial charge in [-0.15, -0.1) is 11.6 Å². The highest BCUT2D eigenvalue weighted by Crippen LogP contribution is 2.06. The topological polar surface area (TPSA) is 56.4 Å². The molecule has 2 heterocycles. The highest BCUT2D eigenvalue weighted by atomic mass is 35.5. The van der Waals surface area contributed by atoms with Crippen molar-refractivity contribution in [1.29, 1.82) is 0 Å². The molecule has 19 heavy (non-hydrogen) atoms. The van der Waals surface area contributed by atoms with Gasteiger partial charge in [-0.05, 0) is 6.92 Å². The first-order valence-electron chi connectivity index (χ1n) is 6.38. The summed E-state index contributed by atoms with van der Waals surface area (Å²) in [5, 5.41) is 0. The van der Waals surface area contributed by atoms with Gasteiger partial charge in [0.2, 0.25) is 0 Å². The third kappa shape index (κ3) is 3.36. The predicted molar refractivity (Wildman–Crippen MR) is 74.9 cm³/mol. The average molecular weight is 284 g/mol. The van der Waals surface area contributed by atoms with Crippen LogP contribution in [-0.2, 0) is 0 Å². The summed E-state index contributed by atoms with van der Waals surface area (Å²) in [6.45, 7) is 5.53. The highest BCUT2D eigenvalue weighted by molar-refractivity contribution is 6.18. The zero-order chi connectivity index (χ0) is 13.8. The van der Waals surface area contributed by atoms with Crippen LogP contribution in [0.4, 0.5) is 0 Å². The second-order valence-electron chi connectivity index (χ2n) is 4.72. The monoisotopic (exact) mass is 283 g/mol. The molecule has 1 aromatic heterocycles. The van der Waals surface area contributed by atoms with Gasteiger partial charge in [-0.1, -0.05) is 0 Å². The molecule has 0 saturated carbocycles.